The fourth-order valence-corrected chi connectivity index (χ4v) is 1.37. The van der Waals surface area contributed by atoms with E-state index in [0.29, 0.717) is 0 Å². The summed E-state index contributed by atoms with van der Waals surface area (Å²) >= 11 is 0. The minimum Gasteiger partial charge on any atom is -0.380 e. The van der Waals surface area contributed by atoms with Crippen LogP contribution in [0, 0.1) is 5.41 Å². The normalized spacial score (nSPS) is 14.8. The molecule has 0 aromatic heterocycles. The fraction of sp³-hybridized carbons (Fsp3) is 0.667. The van der Waals surface area contributed by atoms with Crippen molar-refractivity contribution in [2.24, 2.45) is 4.99 Å². The third-order valence-electron chi connectivity index (χ3n) is 2.52. The average Bonchev–Trinajstić information content (AvgIpc) is 2.26. The van der Waals surface area contributed by atoms with Crippen LogP contribution in [0.15, 0.2) is 16.8 Å². The minimum absolute atomic E-state index is 0.258. The molecule has 4 heteroatoms. The van der Waals surface area contributed by atoms with Crippen LogP contribution >= 0.6 is 0 Å². The molecule has 0 radical (unpaired) electrons. The van der Waals surface area contributed by atoms with Gasteiger partial charge in [-0.15, -0.1) is 0 Å². The molecule has 1 atom stereocenters. The Morgan fingerprint density at radius 1 is 1.50 bits per heavy atom. The zero-order valence-corrected chi connectivity index (χ0v) is 10.9. The molecule has 0 spiro atoms. The van der Waals surface area contributed by atoms with Crippen LogP contribution in [0.1, 0.15) is 27.2 Å². The highest BCUT2D eigenvalue weighted by atomic mass is 16.5. The van der Waals surface area contributed by atoms with Gasteiger partial charge < -0.3 is 9.64 Å². The van der Waals surface area contributed by atoms with Crippen LogP contribution in [0.4, 0.5) is 0 Å². The maximum atomic E-state index is 6.91. The van der Waals surface area contributed by atoms with E-state index in [1.54, 1.807) is 7.11 Å². The SMILES string of the molecule is CCC(CN(C)/C=C(C)/C(C)=N\C=N)OC. The Hall–Kier alpha value is -1.16. The lowest BCUT2D eigenvalue weighted by Crippen LogP contribution is -2.26. The second-order valence-electron chi connectivity index (χ2n) is 3.86. The van der Waals surface area contributed by atoms with Crippen molar-refractivity contribution in [3.8, 4) is 0 Å². The highest BCUT2D eigenvalue weighted by molar-refractivity contribution is 6.01. The molecule has 1 unspecified atom stereocenters. The van der Waals surface area contributed by atoms with E-state index in [0.717, 1.165) is 30.6 Å². The van der Waals surface area contributed by atoms with Crippen LogP contribution in [-0.4, -0.2) is 43.8 Å². The molecule has 0 aliphatic heterocycles. The van der Waals surface area contributed by atoms with Crippen molar-refractivity contribution in [1.29, 1.82) is 5.41 Å². The predicted octanol–water partition coefficient (Wildman–Crippen LogP) is 2.31. The second-order valence-corrected chi connectivity index (χ2v) is 3.86. The Morgan fingerprint density at radius 3 is 2.56 bits per heavy atom. The van der Waals surface area contributed by atoms with Gasteiger partial charge >= 0.3 is 0 Å². The van der Waals surface area contributed by atoms with E-state index in [-0.39, 0.29) is 6.10 Å². The van der Waals surface area contributed by atoms with Crippen molar-refractivity contribution in [3.05, 3.63) is 11.8 Å². The molecule has 0 bridgehead atoms. The molecule has 0 amide bonds. The number of hydrogen-bond donors (Lipinski definition) is 1. The van der Waals surface area contributed by atoms with Crippen molar-refractivity contribution < 1.29 is 4.74 Å². The first kappa shape index (κ1) is 14.8. The maximum absolute atomic E-state index is 6.91. The maximum Gasteiger partial charge on any atom is 0.107 e. The van der Waals surface area contributed by atoms with Gasteiger partial charge in [-0.2, -0.15) is 0 Å². The minimum atomic E-state index is 0.258. The van der Waals surface area contributed by atoms with Gasteiger partial charge in [-0.05, 0) is 25.8 Å². The Labute approximate surface area is 98.5 Å². The molecule has 0 rings (SSSR count). The van der Waals surface area contributed by atoms with Gasteiger partial charge in [-0.1, -0.05) is 6.92 Å². The summed E-state index contributed by atoms with van der Waals surface area (Å²) in [6, 6.07) is 0. The summed E-state index contributed by atoms with van der Waals surface area (Å²) in [5.41, 5.74) is 1.93. The molecule has 4 nitrogen and oxygen atoms in total. The molecular weight excluding hydrogens is 202 g/mol. The molecule has 0 heterocycles. The first-order chi connectivity index (χ1) is 7.54. The molecule has 0 aliphatic carbocycles. The summed E-state index contributed by atoms with van der Waals surface area (Å²) < 4.78 is 5.32. The van der Waals surface area contributed by atoms with Crippen LogP contribution in [0.25, 0.3) is 0 Å². The van der Waals surface area contributed by atoms with Gasteiger partial charge in [-0.25, -0.2) is 4.99 Å². The highest BCUT2D eigenvalue weighted by Crippen LogP contribution is 2.03. The number of hydrogen-bond acceptors (Lipinski definition) is 3. The summed E-state index contributed by atoms with van der Waals surface area (Å²) in [5.74, 6) is 0. The summed E-state index contributed by atoms with van der Waals surface area (Å²) in [6.45, 7) is 6.87. The lowest BCUT2D eigenvalue weighted by Gasteiger charge is -2.21. The van der Waals surface area contributed by atoms with Crippen LogP contribution < -0.4 is 0 Å². The molecule has 0 aromatic rings. The number of ether oxygens (including phenoxy) is 1. The molecule has 92 valence electrons. The van der Waals surface area contributed by atoms with Crippen LogP contribution in [0.2, 0.25) is 0 Å². The molecule has 16 heavy (non-hydrogen) atoms. The zero-order valence-electron chi connectivity index (χ0n) is 10.9. The number of nitrogens with one attached hydrogen (secondary N) is 1. The lowest BCUT2D eigenvalue weighted by molar-refractivity contribution is 0.0799. The Morgan fingerprint density at radius 2 is 2.12 bits per heavy atom. The molecule has 0 saturated carbocycles. The Balaban J connectivity index is 4.40. The van der Waals surface area contributed by atoms with Crippen LogP contribution in [-0.2, 0) is 4.74 Å². The number of rotatable bonds is 7. The number of allylic oxidation sites excluding steroid dienone is 1. The summed E-state index contributed by atoms with van der Waals surface area (Å²) in [6.07, 6.45) is 4.36. The summed E-state index contributed by atoms with van der Waals surface area (Å²) in [7, 11) is 3.75. The quantitative estimate of drug-likeness (QED) is 0.534. The number of nitrogens with zero attached hydrogens (tertiary/aromatic N) is 2. The van der Waals surface area contributed by atoms with E-state index in [1.807, 2.05) is 27.1 Å². The van der Waals surface area contributed by atoms with Crippen molar-refractivity contribution in [1.82, 2.24) is 4.90 Å². The van der Waals surface area contributed by atoms with Gasteiger partial charge in [0.05, 0.1) is 6.10 Å². The Kier molecular flexibility index (Phi) is 7.46. The Bertz CT molecular complexity index is 267. The first-order valence-corrected chi connectivity index (χ1v) is 5.50. The molecule has 0 aliphatic rings. The van der Waals surface area contributed by atoms with Crippen molar-refractivity contribution >= 4 is 12.1 Å². The van der Waals surface area contributed by atoms with E-state index in [4.69, 9.17) is 10.1 Å². The highest BCUT2D eigenvalue weighted by Gasteiger charge is 2.06. The number of aliphatic imine (C=N–C) groups is 1. The van der Waals surface area contributed by atoms with Gasteiger partial charge in [0.1, 0.15) is 6.34 Å². The first-order valence-electron chi connectivity index (χ1n) is 5.50. The smallest absolute Gasteiger partial charge is 0.107 e. The van der Waals surface area contributed by atoms with Gasteiger partial charge in [-0.3, -0.25) is 5.41 Å². The molecule has 0 saturated heterocycles. The van der Waals surface area contributed by atoms with E-state index < -0.39 is 0 Å². The largest absolute Gasteiger partial charge is 0.380 e. The van der Waals surface area contributed by atoms with Crippen molar-refractivity contribution in [3.63, 3.8) is 0 Å². The fourth-order valence-electron chi connectivity index (χ4n) is 1.37. The summed E-state index contributed by atoms with van der Waals surface area (Å²) in [5, 5.41) is 6.91. The van der Waals surface area contributed by atoms with Crippen LogP contribution in [0.3, 0.4) is 0 Å². The second kappa shape index (κ2) is 8.05. The van der Waals surface area contributed by atoms with E-state index in [9.17, 15) is 0 Å². The van der Waals surface area contributed by atoms with Gasteiger partial charge in [0, 0.05) is 32.6 Å². The van der Waals surface area contributed by atoms with Crippen molar-refractivity contribution in [2.45, 2.75) is 33.3 Å². The van der Waals surface area contributed by atoms with Crippen molar-refractivity contribution in [2.75, 3.05) is 20.7 Å². The third-order valence-corrected chi connectivity index (χ3v) is 2.52. The number of likely N-dealkylation sites (N-methyl/N-ethyl adjacent to an activating group) is 1. The van der Waals surface area contributed by atoms with Crippen LogP contribution in [0.5, 0.6) is 0 Å². The van der Waals surface area contributed by atoms with E-state index in [2.05, 4.69) is 16.8 Å². The zero-order chi connectivity index (χ0) is 12.6. The average molecular weight is 225 g/mol. The van der Waals surface area contributed by atoms with Gasteiger partial charge in [0.25, 0.3) is 0 Å². The number of methoxy groups -OCH3 is 1. The third kappa shape index (κ3) is 5.66. The monoisotopic (exact) mass is 225 g/mol. The topological polar surface area (TPSA) is 48.7 Å². The standard InChI is InChI=1S/C12H23N3O/c1-6-12(16-5)8-15(4)7-10(2)11(3)14-9-13/h7,9,12-13H,6,8H2,1-5H3/b10-7+,13-9?,14-11-. The predicted molar refractivity (Wildman–Crippen MR) is 69.4 cm³/mol. The molecule has 1 N–H and O–H groups in total. The summed E-state index contributed by atoms with van der Waals surface area (Å²) in [4.78, 5) is 6.02. The molecular formula is C12H23N3O. The van der Waals surface area contributed by atoms with E-state index in [1.165, 1.54) is 0 Å². The molecule has 0 fully saturated rings. The van der Waals surface area contributed by atoms with Gasteiger partial charge in [0.2, 0.25) is 0 Å². The molecule has 0 aromatic carbocycles. The van der Waals surface area contributed by atoms with Gasteiger partial charge in [0.15, 0.2) is 0 Å². The lowest BCUT2D eigenvalue weighted by atomic mass is 10.2. The van der Waals surface area contributed by atoms with E-state index >= 15 is 0 Å².